The smallest absolute Gasteiger partial charge is 0.266 e. The molecule has 0 aliphatic carbocycles. The van der Waals surface area contributed by atoms with Crippen LogP contribution in [0.25, 0.3) is 0 Å². The molecule has 0 spiro atoms. The van der Waals surface area contributed by atoms with Crippen LogP contribution in [0.2, 0.25) is 0 Å². The molecule has 0 heterocycles. The van der Waals surface area contributed by atoms with Crippen LogP contribution in [0.5, 0.6) is 0 Å². The molecule has 0 amide bonds. The van der Waals surface area contributed by atoms with E-state index in [0.29, 0.717) is 5.92 Å². The first-order valence-electron chi connectivity index (χ1n) is 6.92. The lowest BCUT2D eigenvalue weighted by Gasteiger charge is -2.10. The Hall–Kier alpha value is -0.870. The normalized spacial score (nSPS) is 13.4. The van der Waals surface area contributed by atoms with Crippen LogP contribution in [0, 0.1) is 12.8 Å². The predicted molar refractivity (Wildman–Crippen MR) is 77.6 cm³/mol. The highest BCUT2D eigenvalue weighted by Crippen LogP contribution is 2.16. The van der Waals surface area contributed by atoms with Crippen molar-refractivity contribution in [2.45, 2.75) is 51.3 Å². The second-order valence-corrected chi connectivity index (χ2v) is 6.74. The SMILES string of the molecule is CCCC(C)CCCOS(=O)(=O)c1ccc(C)cc1. The summed E-state index contributed by atoms with van der Waals surface area (Å²) in [6, 6.07) is 6.73. The summed E-state index contributed by atoms with van der Waals surface area (Å²) in [4.78, 5) is 0.236. The van der Waals surface area contributed by atoms with E-state index in [9.17, 15) is 8.42 Å². The summed E-state index contributed by atoms with van der Waals surface area (Å²) in [5.74, 6) is 0.635. The summed E-state index contributed by atoms with van der Waals surface area (Å²) in [7, 11) is -3.59. The van der Waals surface area contributed by atoms with Crippen LogP contribution in [0.1, 0.15) is 45.1 Å². The second-order valence-electron chi connectivity index (χ2n) is 5.13. The van der Waals surface area contributed by atoms with Crippen molar-refractivity contribution in [2.75, 3.05) is 6.61 Å². The number of hydrogen-bond donors (Lipinski definition) is 0. The largest absolute Gasteiger partial charge is 0.296 e. The van der Waals surface area contributed by atoms with E-state index in [0.717, 1.165) is 18.4 Å². The average Bonchev–Trinajstić information content (AvgIpc) is 2.36. The summed E-state index contributed by atoms with van der Waals surface area (Å²) in [6.45, 7) is 6.55. The van der Waals surface area contributed by atoms with Gasteiger partial charge >= 0.3 is 0 Å². The molecule has 0 fully saturated rings. The van der Waals surface area contributed by atoms with Crippen molar-refractivity contribution >= 4 is 10.1 Å². The van der Waals surface area contributed by atoms with E-state index in [4.69, 9.17) is 4.18 Å². The minimum absolute atomic E-state index is 0.236. The lowest BCUT2D eigenvalue weighted by molar-refractivity contribution is 0.295. The zero-order chi connectivity index (χ0) is 14.3. The lowest BCUT2D eigenvalue weighted by Crippen LogP contribution is -2.08. The summed E-state index contributed by atoms with van der Waals surface area (Å²) in [6.07, 6.45) is 4.15. The summed E-state index contributed by atoms with van der Waals surface area (Å²) in [5.41, 5.74) is 1.03. The molecule has 0 aromatic heterocycles. The Labute approximate surface area is 117 Å². The zero-order valence-electron chi connectivity index (χ0n) is 12.1. The first-order valence-corrected chi connectivity index (χ1v) is 8.32. The van der Waals surface area contributed by atoms with Gasteiger partial charge < -0.3 is 0 Å². The molecule has 0 bridgehead atoms. The van der Waals surface area contributed by atoms with Gasteiger partial charge in [0.25, 0.3) is 10.1 Å². The van der Waals surface area contributed by atoms with Crippen LogP contribution >= 0.6 is 0 Å². The molecular formula is C15H24O3S. The van der Waals surface area contributed by atoms with Gasteiger partial charge in [0.05, 0.1) is 11.5 Å². The molecule has 108 valence electrons. The Morgan fingerprint density at radius 1 is 1.16 bits per heavy atom. The van der Waals surface area contributed by atoms with Gasteiger partial charge in [-0.1, -0.05) is 44.4 Å². The molecule has 1 rings (SSSR count). The van der Waals surface area contributed by atoms with Crippen molar-refractivity contribution in [3.05, 3.63) is 29.8 Å². The summed E-state index contributed by atoms with van der Waals surface area (Å²) in [5, 5.41) is 0. The number of hydrogen-bond acceptors (Lipinski definition) is 3. The van der Waals surface area contributed by atoms with E-state index in [2.05, 4.69) is 13.8 Å². The fraction of sp³-hybridized carbons (Fsp3) is 0.600. The molecule has 1 aromatic rings. The molecule has 1 unspecified atom stereocenters. The first kappa shape index (κ1) is 16.2. The average molecular weight is 284 g/mol. The van der Waals surface area contributed by atoms with Gasteiger partial charge in [0.2, 0.25) is 0 Å². The van der Waals surface area contributed by atoms with Gasteiger partial charge in [0.15, 0.2) is 0 Å². The fourth-order valence-corrected chi connectivity index (χ4v) is 2.95. The standard InChI is InChI=1S/C15H24O3S/c1-4-6-13(2)7-5-12-18-19(16,17)15-10-8-14(3)9-11-15/h8-11,13H,4-7,12H2,1-3H3. The van der Waals surface area contributed by atoms with Crippen LogP contribution in [-0.2, 0) is 14.3 Å². The Kier molecular flexibility index (Phi) is 6.52. The van der Waals surface area contributed by atoms with Crippen LogP contribution in [0.15, 0.2) is 29.2 Å². The molecule has 4 heteroatoms. The van der Waals surface area contributed by atoms with E-state index in [-0.39, 0.29) is 11.5 Å². The molecule has 0 N–H and O–H groups in total. The molecule has 1 aromatic carbocycles. The highest BCUT2D eigenvalue weighted by Gasteiger charge is 2.14. The van der Waals surface area contributed by atoms with Gasteiger partial charge in [-0.05, 0) is 37.8 Å². The fourth-order valence-electron chi connectivity index (χ4n) is 2.01. The van der Waals surface area contributed by atoms with E-state index in [1.54, 1.807) is 24.3 Å². The van der Waals surface area contributed by atoms with Crippen molar-refractivity contribution in [3.8, 4) is 0 Å². The van der Waals surface area contributed by atoms with E-state index < -0.39 is 10.1 Å². The topological polar surface area (TPSA) is 43.4 Å². The van der Waals surface area contributed by atoms with Crippen molar-refractivity contribution in [3.63, 3.8) is 0 Å². The molecule has 1 atom stereocenters. The molecule has 0 aliphatic rings. The Morgan fingerprint density at radius 3 is 2.37 bits per heavy atom. The second kappa shape index (κ2) is 7.65. The van der Waals surface area contributed by atoms with E-state index >= 15 is 0 Å². The van der Waals surface area contributed by atoms with Crippen molar-refractivity contribution in [2.24, 2.45) is 5.92 Å². The molecular weight excluding hydrogens is 260 g/mol. The van der Waals surface area contributed by atoms with Gasteiger partial charge in [-0.25, -0.2) is 0 Å². The first-order chi connectivity index (χ1) is 8.95. The van der Waals surface area contributed by atoms with Crippen molar-refractivity contribution in [1.29, 1.82) is 0 Å². The predicted octanol–water partition coefficient (Wildman–Crippen LogP) is 3.92. The third-order valence-electron chi connectivity index (χ3n) is 3.17. The molecule has 19 heavy (non-hydrogen) atoms. The van der Waals surface area contributed by atoms with Gasteiger partial charge in [0.1, 0.15) is 0 Å². The van der Waals surface area contributed by atoms with Crippen LogP contribution in [0.3, 0.4) is 0 Å². The maximum absolute atomic E-state index is 11.9. The minimum Gasteiger partial charge on any atom is -0.266 e. The van der Waals surface area contributed by atoms with Crippen molar-refractivity contribution in [1.82, 2.24) is 0 Å². The van der Waals surface area contributed by atoms with Crippen molar-refractivity contribution < 1.29 is 12.6 Å². The quantitative estimate of drug-likeness (QED) is 0.537. The number of benzene rings is 1. The molecule has 0 saturated carbocycles. The van der Waals surface area contributed by atoms with Crippen LogP contribution in [-0.4, -0.2) is 15.0 Å². The van der Waals surface area contributed by atoms with Gasteiger partial charge in [-0.2, -0.15) is 8.42 Å². The molecule has 3 nitrogen and oxygen atoms in total. The van der Waals surface area contributed by atoms with E-state index in [1.807, 2.05) is 6.92 Å². The van der Waals surface area contributed by atoms with Gasteiger partial charge in [0, 0.05) is 0 Å². The molecule has 0 radical (unpaired) electrons. The third-order valence-corrected chi connectivity index (χ3v) is 4.50. The lowest BCUT2D eigenvalue weighted by atomic mass is 10.0. The number of aryl methyl sites for hydroxylation is 1. The molecule has 0 saturated heterocycles. The Bertz CT molecular complexity index is 463. The maximum atomic E-state index is 11.9. The Balaban J connectivity index is 2.41. The third kappa shape index (κ3) is 5.74. The minimum atomic E-state index is -3.59. The van der Waals surface area contributed by atoms with Gasteiger partial charge in [-0.15, -0.1) is 0 Å². The van der Waals surface area contributed by atoms with Crippen LogP contribution in [0.4, 0.5) is 0 Å². The zero-order valence-corrected chi connectivity index (χ0v) is 12.9. The highest BCUT2D eigenvalue weighted by atomic mass is 32.2. The van der Waals surface area contributed by atoms with E-state index in [1.165, 1.54) is 12.8 Å². The molecule has 0 aliphatic heterocycles. The maximum Gasteiger partial charge on any atom is 0.296 e. The van der Waals surface area contributed by atoms with Gasteiger partial charge in [-0.3, -0.25) is 4.18 Å². The Morgan fingerprint density at radius 2 is 1.79 bits per heavy atom. The number of rotatable bonds is 8. The summed E-state index contributed by atoms with van der Waals surface area (Å²) >= 11 is 0. The summed E-state index contributed by atoms with van der Waals surface area (Å²) < 4.78 is 28.8. The highest BCUT2D eigenvalue weighted by molar-refractivity contribution is 7.86. The van der Waals surface area contributed by atoms with Crippen LogP contribution < -0.4 is 0 Å². The monoisotopic (exact) mass is 284 g/mol.